The summed E-state index contributed by atoms with van der Waals surface area (Å²) < 4.78 is 1.74. The van der Waals surface area contributed by atoms with Crippen LogP contribution in [0.3, 0.4) is 0 Å². The summed E-state index contributed by atoms with van der Waals surface area (Å²) in [6, 6.07) is 4.95. The van der Waals surface area contributed by atoms with Gasteiger partial charge >= 0.3 is 0 Å². The number of nitrogens with zero attached hydrogens (tertiary/aromatic N) is 4. The number of aromatic nitrogens is 2. The van der Waals surface area contributed by atoms with Crippen LogP contribution in [0.15, 0.2) is 30.6 Å². The first kappa shape index (κ1) is 15.8. The van der Waals surface area contributed by atoms with Crippen molar-refractivity contribution in [3.63, 3.8) is 0 Å². The summed E-state index contributed by atoms with van der Waals surface area (Å²) >= 11 is 0. The van der Waals surface area contributed by atoms with E-state index in [4.69, 9.17) is 0 Å². The number of carbonyl (C=O) groups excluding carboxylic acids is 1. The third kappa shape index (κ3) is 2.58. The van der Waals surface area contributed by atoms with Gasteiger partial charge in [0.2, 0.25) is 5.91 Å². The van der Waals surface area contributed by atoms with Crippen molar-refractivity contribution in [1.82, 2.24) is 15.1 Å². The summed E-state index contributed by atoms with van der Waals surface area (Å²) in [5.74, 6) is -0.0866. The number of anilines is 1. The Hall–Kier alpha value is -2.74. The molecule has 0 unspecified atom stereocenters. The van der Waals surface area contributed by atoms with Crippen molar-refractivity contribution in [3.05, 3.63) is 51.8 Å². The van der Waals surface area contributed by atoms with Gasteiger partial charge in [0.1, 0.15) is 0 Å². The summed E-state index contributed by atoms with van der Waals surface area (Å²) in [5, 5.41) is 18.7. The van der Waals surface area contributed by atoms with E-state index in [0.29, 0.717) is 30.8 Å². The highest BCUT2D eigenvalue weighted by Crippen LogP contribution is 2.38. The molecule has 2 aromatic rings. The van der Waals surface area contributed by atoms with Crippen LogP contribution in [-0.4, -0.2) is 40.2 Å². The molecule has 0 saturated carbocycles. The maximum absolute atomic E-state index is 13.2. The second kappa shape index (κ2) is 5.96. The van der Waals surface area contributed by atoms with Gasteiger partial charge in [-0.1, -0.05) is 6.07 Å². The van der Waals surface area contributed by atoms with E-state index in [0.717, 1.165) is 12.1 Å². The van der Waals surface area contributed by atoms with Gasteiger partial charge < -0.3 is 10.2 Å². The van der Waals surface area contributed by atoms with Crippen LogP contribution in [0.4, 0.5) is 11.4 Å². The van der Waals surface area contributed by atoms with Crippen molar-refractivity contribution in [2.24, 2.45) is 13.0 Å². The van der Waals surface area contributed by atoms with Crippen LogP contribution in [0.2, 0.25) is 0 Å². The first-order valence-electron chi connectivity index (χ1n) is 8.33. The van der Waals surface area contributed by atoms with Gasteiger partial charge in [0.05, 0.1) is 28.3 Å². The molecule has 2 atom stereocenters. The Labute approximate surface area is 144 Å². The topological polar surface area (TPSA) is 93.3 Å². The van der Waals surface area contributed by atoms with Gasteiger partial charge in [-0.2, -0.15) is 5.10 Å². The van der Waals surface area contributed by atoms with Crippen LogP contribution in [-0.2, 0) is 18.3 Å². The molecule has 8 nitrogen and oxygen atoms in total. The van der Waals surface area contributed by atoms with E-state index in [1.54, 1.807) is 27.9 Å². The number of nitro benzene ring substituents is 1. The largest absolute Gasteiger partial charge is 0.315 e. The molecule has 8 heteroatoms. The normalized spacial score (nSPS) is 22.2. The highest BCUT2D eigenvalue weighted by atomic mass is 16.6. The van der Waals surface area contributed by atoms with E-state index >= 15 is 0 Å². The molecule has 1 aromatic carbocycles. The number of rotatable bonds is 3. The number of carbonyl (C=O) groups is 1. The van der Waals surface area contributed by atoms with E-state index < -0.39 is 0 Å². The van der Waals surface area contributed by atoms with Gasteiger partial charge in [-0.15, -0.1) is 0 Å². The fraction of sp³-hybridized carbons (Fsp3) is 0.412. The predicted molar refractivity (Wildman–Crippen MR) is 91.5 cm³/mol. The Balaban J connectivity index is 1.63. The number of hydrogen-bond donors (Lipinski definition) is 1. The second-order valence-electron chi connectivity index (χ2n) is 6.59. The van der Waals surface area contributed by atoms with Crippen LogP contribution in [0.5, 0.6) is 0 Å². The van der Waals surface area contributed by atoms with Gasteiger partial charge in [0.15, 0.2) is 0 Å². The van der Waals surface area contributed by atoms with Crippen LogP contribution in [0, 0.1) is 16.0 Å². The van der Waals surface area contributed by atoms with Crippen molar-refractivity contribution < 1.29 is 9.72 Å². The van der Waals surface area contributed by atoms with Gasteiger partial charge in [-0.05, 0) is 18.1 Å². The molecule has 4 rings (SSSR count). The standard InChI is InChI=1S/C17H19N5O3/c1-20-10-11(7-19-20)13-8-18-9-14(13)17(23)21-6-5-12-15(21)3-2-4-16(12)22(24)25/h2-4,7,10,13-14,18H,5-6,8-9H2,1H3/t13-,14+/m1/s1. The number of nitro groups is 1. The number of amides is 1. The molecule has 1 N–H and O–H groups in total. The quantitative estimate of drug-likeness (QED) is 0.669. The average molecular weight is 341 g/mol. The lowest BCUT2D eigenvalue weighted by molar-refractivity contribution is -0.385. The lowest BCUT2D eigenvalue weighted by Crippen LogP contribution is -2.37. The molecule has 0 spiro atoms. The molecule has 2 aliphatic heterocycles. The Morgan fingerprint density at radius 2 is 2.24 bits per heavy atom. The van der Waals surface area contributed by atoms with E-state index in [-0.39, 0.29) is 28.4 Å². The molecule has 130 valence electrons. The molecular formula is C17H19N5O3. The monoisotopic (exact) mass is 341 g/mol. The lowest BCUT2D eigenvalue weighted by atomic mass is 9.90. The Morgan fingerprint density at radius 3 is 2.96 bits per heavy atom. The van der Waals surface area contributed by atoms with E-state index in [9.17, 15) is 14.9 Å². The number of nitrogens with one attached hydrogen (secondary N) is 1. The van der Waals surface area contributed by atoms with Gasteiger partial charge in [0, 0.05) is 44.9 Å². The molecule has 1 fully saturated rings. The summed E-state index contributed by atoms with van der Waals surface area (Å²) in [4.78, 5) is 25.7. The molecular weight excluding hydrogens is 322 g/mol. The highest BCUT2D eigenvalue weighted by molar-refractivity contribution is 5.98. The van der Waals surface area contributed by atoms with Crippen molar-refractivity contribution in [2.75, 3.05) is 24.5 Å². The third-order valence-corrected chi connectivity index (χ3v) is 5.15. The predicted octanol–water partition coefficient (Wildman–Crippen LogP) is 1.22. The molecule has 1 saturated heterocycles. The first-order valence-corrected chi connectivity index (χ1v) is 8.33. The fourth-order valence-electron chi connectivity index (χ4n) is 3.94. The van der Waals surface area contributed by atoms with E-state index in [2.05, 4.69) is 10.4 Å². The van der Waals surface area contributed by atoms with Gasteiger partial charge in [-0.25, -0.2) is 0 Å². The maximum atomic E-state index is 13.2. The Kier molecular flexibility index (Phi) is 3.76. The van der Waals surface area contributed by atoms with Gasteiger partial charge in [0.25, 0.3) is 5.69 Å². The van der Waals surface area contributed by atoms with Crippen molar-refractivity contribution in [2.45, 2.75) is 12.3 Å². The number of aryl methyl sites for hydroxylation is 1. The third-order valence-electron chi connectivity index (χ3n) is 5.15. The number of hydrogen-bond acceptors (Lipinski definition) is 5. The van der Waals surface area contributed by atoms with Crippen LogP contribution < -0.4 is 10.2 Å². The molecule has 25 heavy (non-hydrogen) atoms. The average Bonchev–Trinajstić information content (AvgIpc) is 3.32. The zero-order valence-corrected chi connectivity index (χ0v) is 13.9. The molecule has 2 aliphatic rings. The zero-order valence-electron chi connectivity index (χ0n) is 13.9. The summed E-state index contributed by atoms with van der Waals surface area (Å²) in [5.41, 5.74) is 2.48. The smallest absolute Gasteiger partial charge is 0.274 e. The molecule has 1 amide bonds. The minimum absolute atomic E-state index is 0.0260. The molecule has 1 aromatic heterocycles. The number of fused-ring (bicyclic) bond motifs is 1. The maximum Gasteiger partial charge on any atom is 0.274 e. The zero-order chi connectivity index (χ0) is 17.6. The number of benzene rings is 1. The summed E-state index contributed by atoms with van der Waals surface area (Å²) in [6.07, 6.45) is 4.28. The Bertz CT molecular complexity index is 847. The summed E-state index contributed by atoms with van der Waals surface area (Å²) in [6.45, 7) is 1.84. The second-order valence-corrected chi connectivity index (χ2v) is 6.59. The van der Waals surface area contributed by atoms with Crippen molar-refractivity contribution in [3.8, 4) is 0 Å². The van der Waals surface area contributed by atoms with E-state index in [1.165, 1.54) is 6.07 Å². The van der Waals surface area contributed by atoms with Crippen molar-refractivity contribution >= 4 is 17.3 Å². The molecule has 0 radical (unpaired) electrons. The van der Waals surface area contributed by atoms with Crippen LogP contribution in [0.25, 0.3) is 0 Å². The fourth-order valence-corrected chi connectivity index (χ4v) is 3.94. The molecule has 0 aliphatic carbocycles. The summed E-state index contributed by atoms with van der Waals surface area (Å²) in [7, 11) is 1.86. The first-order chi connectivity index (χ1) is 12.1. The SMILES string of the molecule is Cn1cc([C@H]2CNC[C@@H]2C(=O)N2CCc3c2cccc3[N+](=O)[O-])cn1. The molecule has 0 bridgehead atoms. The molecule has 3 heterocycles. The van der Waals surface area contributed by atoms with Crippen LogP contribution >= 0.6 is 0 Å². The van der Waals surface area contributed by atoms with E-state index in [1.807, 2.05) is 13.2 Å². The van der Waals surface area contributed by atoms with Crippen molar-refractivity contribution in [1.29, 1.82) is 0 Å². The van der Waals surface area contributed by atoms with Gasteiger partial charge in [-0.3, -0.25) is 19.6 Å². The minimum Gasteiger partial charge on any atom is -0.315 e. The highest BCUT2D eigenvalue weighted by Gasteiger charge is 2.40. The Morgan fingerprint density at radius 1 is 1.40 bits per heavy atom. The lowest BCUT2D eigenvalue weighted by Gasteiger charge is -2.24. The van der Waals surface area contributed by atoms with Crippen LogP contribution in [0.1, 0.15) is 17.0 Å². The minimum atomic E-state index is -0.373.